The minimum atomic E-state index is -1.63. The second kappa shape index (κ2) is 10.6. The SMILES string of the molecule is CN=C(NCC(=O)Nc1ccc(F)c(F)c1F)NCC(C)(C)c1cccs1.I. The van der Waals surface area contributed by atoms with Crippen molar-refractivity contribution in [1.29, 1.82) is 0 Å². The zero-order chi connectivity index (χ0) is 20.0. The number of hydrogen-bond acceptors (Lipinski definition) is 3. The lowest BCUT2D eigenvalue weighted by Crippen LogP contribution is -2.45. The molecule has 5 nitrogen and oxygen atoms in total. The molecule has 1 amide bonds. The monoisotopic (exact) mass is 526 g/mol. The molecule has 1 aromatic carbocycles. The lowest BCUT2D eigenvalue weighted by atomic mass is 9.91. The Morgan fingerprint density at radius 2 is 1.86 bits per heavy atom. The summed E-state index contributed by atoms with van der Waals surface area (Å²) in [5, 5.41) is 10.1. The van der Waals surface area contributed by atoms with E-state index in [9.17, 15) is 18.0 Å². The first-order valence-corrected chi connectivity index (χ1v) is 9.04. The van der Waals surface area contributed by atoms with Crippen LogP contribution in [0.1, 0.15) is 18.7 Å². The molecule has 0 unspecified atom stereocenters. The molecule has 1 heterocycles. The fourth-order valence-electron chi connectivity index (χ4n) is 2.26. The van der Waals surface area contributed by atoms with E-state index in [0.29, 0.717) is 12.5 Å². The number of halogens is 4. The van der Waals surface area contributed by atoms with E-state index >= 15 is 0 Å². The van der Waals surface area contributed by atoms with Crippen molar-refractivity contribution in [2.75, 3.05) is 25.5 Å². The van der Waals surface area contributed by atoms with Gasteiger partial charge in [-0.1, -0.05) is 19.9 Å². The van der Waals surface area contributed by atoms with Crippen LogP contribution in [-0.2, 0) is 10.2 Å². The third-order valence-corrected chi connectivity index (χ3v) is 5.07. The van der Waals surface area contributed by atoms with Gasteiger partial charge in [0.05, 0.1) is 12.2 Å². The number of carbonyl (C=O) groups is 1. The maximum atomic E-state index is 13.6. The van der Waals surface area contributed by atoms with Crippen LogP contribution in [0.15, 0.2) is 34.6 Å². The normalized spacial score (nSPS) is 11.6. The van der Waals surface area contributed by atoms with Crippen LogP contribution in [0.3, 0.4) is 0 Å². The molecule has 3 N–H and O–H groups in total. The lowest BCUT2D eigenvalue weighted by molar-refractivity contribution is -0.115. The number of hydrogen-bond donors (Lipinski definition) is 3. The number of nitrogens with zero attached hydrogens (tertiary/aromatic N) is 1. The van der Waals surface area contributed by atoms with Gasteiger partial charge in [0.1, 0.15) is 0 Å². The summed E-state index contributed by atoms with van der Waals surface area (Å²) < 4.78 is 39.7. The molecule has 0 bridgehead atoms. The summed E-state index contributed by atoms with van der Waals surface area (Å²) in [4.78, 5) is 17.2. The number of anilines is 1. The third kappa shape index (κ3) is 6.36. The topological polar surface area (TPSA) is 65.5 Å². The first-order chi connectivity index (χ1) is 12.7. The van der Waals surface area contributed by atoms with Crippen LogP contribution in [0.5, 0.6) is 0 Å². The summed E-state index contributed by atoms with van der Waals surface area (Å²) >= 11 is 1.65. The quantitative estimate of drug-likeness (QED) is 0.232. The number of rotatable bonds is 6. The molecule has 0 atom stereocenters. The fraction of sp³-hybridized carbons (Fsp3) is 0.333. The van der Waals surface area contributed by atoms with Crippen LogP contribution in [0.2, 0.25) is 0 Å². The van der Waals surface area contributed by atoms with Crippen molar-refractivity contribution < 1.29 is 18.0 Å². The predicted octanol–water partition coefficient (Wildman–Crippen LogP) is 3.86. The Kier molecular flexibility index (Phi) is 9.21. The summed E-state index contributed by atoms with van der Waals surface area (Å²) in [6.07, 6.45) is 0. The highest BCUT2D eigenvalue weighted by Gasteiger charge is 2.22. The highest BCUT2D eigenvalue weighted by molar-refractivity contribution is 14.0. The largest absolute Gasteiger partial charge is 0.356 e. The minimum Gasteiger partial charge on any atom is -0.356 e. The second-order valence-electron chi connectivity index (χ2n) is 6.41. The first-order valence-electron chi connectivity index (χ1n) is 8.16. The van der Waals surface area contributed by atoms with Crippen molar-refractivity contribution in [3.8, 4) is 0 Å². The average Bonchev–Trinajstić information content (AvgIpc) is 3.18. The minimum absolute atomic E-state index is 0. The van der Waals surface area contributed by atoms with Gasteiger partial charge in [-0.25, -0.2) is 13.2 Å². The van der Waals surface area contributed by atoms with Crippen LogP contribution < -0.4 is 16.0 Å². The van der Waals surface area contributed by atoms with Crippen molar-refractivity contribution in [1.82, 2.24) is 10.6 Å². The van der Waals surface area contributed by atoms with Crippen molar-refractivity contribution in [3.63, 3.8) is 0 Å². The Hall–Kier alpha value is -1.82. The third-order valence-electron chi connectivity index (χ3n) is 3.84. The molecule has 0 aliphatic carbocycles. The van der Waals surface area contributed by atoms with Crippen LogP contribution in [0, 0.1) is 17.5 Å². The van der Waals surface area contributed by atoms with E-state index in [2.05, 4.69) is 34.8 Å². The van der Waals surface area contributed by atoms with E-state index < -0.39 is 29.0 Å². The molecule has 0 aliphatic rings. The fourth-order valence-corrected chi connectivity index (χ4v) is 3.11. The van der Waals surface area contributed by atoms with E-state index in [-0.39, 0.29) is 35.9 Å². The van der Waals surface area contributed by atoms with Gasteiger partial charge in [0, 0.05) is 23.9 Å². The zero-order valence-electron chi connectivity index (χ0n) is 15.6. The van der Waals surface area contributed by atoms with E-state index in [0.717, 1.165) is 12.1 Å². The number of carbonyl (C=O) groups excluding carboxylic acids is 1. The number of amides is 1. The molecule has 154 valence electrons. The molecule has 2 aromatic rings. The van der Waals surface area contributed by atoms with Gasteiger partial charge in [0.25, 0.3) is 0 Å². The lowest BCUT2D eigenvalue weighted by Gasteiger charge is -2.25. The Labute approximate surface area is 182 Å². The predicted molar refractivity (Wildman–Crippen MR) is 117 cm³/mol. The van der Waals surface area contributed by atoms with Gasteiger partial charge in [-0.15, -0.1) is 35.3 Å². The van der Waals surface area contributed by atoms with Crippen molar-refractivity contribution in [2.45, 2.75) is 19.3 Å². The van der Waals surface area contributed by atoms with Gasteiger partial charge in [-0.3, -0.25) is 9.79 Å². The maximum Gasteiger partial charge on any atom is 0.243 e. The maximum absolute atomic E-state index is 13.6. The molecule has 0 saturated heterocycles. The number of guanidine groups is 1. The summed E-state index contributed by atoms with van der Waals surface area (Å²) in [5.74, 6) is -4.62. The molecule has 2 rings (SSSR count). The van der Waals surface area contributed by atoms with Crippen molar-refractivity contribution >= 4 is 52.9 Å². The van der Waals surface area contributed by atoms with Crippen LogP contribution in [0.4, 0.5) is 18.9 Å². The Morgan fingerprint density at radius 1 is 1.14 bits per heavy atom. The second-order valence-corrected chi connectivity index (χ2v) is 7.36. The Balaban J connectivity index is 0.00000392. The van der Waals surface area contributed by atoms with Gasteiger partial charge < -0.3 is 16.0 Å². The molecular weight excluding hydrogens is 504 g/mol. The summed E-state index contributed by atoms with van der Waals surface area (Å²) in [7, 11) is 1.56. The van der Waals surface area contributed by atoms with Gasteiger partial charge in [-0.05, 0) is 23.6 Å². The van der Waals surface area contributed by atoms with Gasteiger partial charge >= 0.3 is 0 Å². The van der Waals surface area contributed by atoms with Gasteiger partial charge in [0.2, 0.25) is 5.91 Å². The Morgan fingerprint density at radius 3 is 2.46 bits per heavy atom. The molecule has 0 spiro atoms. The average molecular weight is 526 g/mol. The number of thiophene rings is 1. The van der Waals surface area contributed by atoms with E-state index in [1.807, 2.05) is 17.5 Å². The van der Waals surface area contributed by atoms with Crippen molar-refractivity contribution in [2.24, 2.45) is 4.99 Å². The van der Waals surface area contributed by atoms with E-state index in [4.69, 9.17) is 0 Å². The number of aliphatic imine (C=N–C) groups is 1. The first kappa shape index (κ1) is 24.2. The highest BCUT2D eigenvalue weighted by atomic mass is 127. The molecular formula is C18H22F3IN4OS. The molecule has 0 saturated carbocycles. The summed E-state index contributed by atoms with van der Waals surface area (Å²) in [6.45, 7) is 4.51. The molecule has 0 radical (unpaired) electrons. The number of benzene rings is 1. The van der Waals surface area contributed by atoms with E-state index in [1.54, 1.807) is 18.4 Å². The van der Waals surface area contributed by atoms with E-state index in [1.165, 1.54) is 4.88 Å². The molecule has 10 heteroatoms. The van der Waals surface area contributed by atoms with Gasteiger partial charge in [-0.2, -0.15) is 0 Å². The summed E-state index contributed by atoms with van der Waals surface area (Å²) in [6, 6.07) is 5.74. The van der Waals surface area contributed by atoms with Gasteiger partial charge in [0.15, 0.2) is 23.4 Å². The highest BCUT2D eigenvalue weighted by Crippen LogP contribution is 2.26. The standard InChI is InChI=1S/C18H21F3N4OS.HI/c1-18(2,13-5-4-8-27-13)10-24-17(22-3)23-9-14(26)25-12-7-6-11(19)15(20)16(12)21;/h4-8H,9-10H2,1-3H3,(H,25,26)(H2,22,23,24);1H. The molecule has 0 fully saturated rings. The zero-order valence-corrected chi connectivity index (χ0v) is 18.8. The molecule has 0 aliphatic heterocycles. The molecule has 28 heavy (non-hydrogen) atoms. The smallest absolute Gasteiger partial charge is 0.243 e. The summed E-state index contributed by atoms with van der Waals surface area (Å²) in [5.41, 5.74) is -0.564. The number of nitrogens with one attached hydrogen (secondary N) is 3. The van der Waals surface area contributed by atoms with Crippen LogP contribution in [0.25, 0.3) is 0 Å². The van der Waals surface area contributed by atoms with Crippen LogP contribution in [-0.4, -0.2) is 32.0 Å². The van der Waals surface area contributed by atoms with Crippen LogP contribution >= 0.6 is 35.3 Å². The molecule has 1 aromatic heterocycles. The van der Waals surface area contributed by atoms with Crippen molar-refractivity contribution in [3.05, 3.63) is 52.0 Å². The Bertz CT molecular complexity index is 828.